The van der Waals surface area contributed by atoms with Crippen LogP contribution in [0.2, 0.25) is 0 Å². The number of hydrogen-bond donors (Lipinski definition) is 1. The summed E-state index contributed by atoms with van der Waals surface area (Å²) in [5.41, 5.74) is 3.06. The Morgan fingerprint density at radius 2 is 2.53 bits per heavy atom. The van der Waals surface area contributed by atoms with Crippen LogP contribution in [-0.4, -0.2) is 36.1 Å². The Bertz CT molecular complexity index is 273. The first kappa shape index (κ1) is 11.0. The van der Waals surface area contributed by atoms with E-state index in [0.717, 1.165) is 19.1 Å². The normalized spacial score (nSPS) is 23.1. The summed E-state index contributed by atoms with van der Waals surface area (Å²) in [4.78, 5) is 6.73. The summed E-state index contributed by atoms with van der Waals surface area (Å²) in [6, 6.07) is 0.720. The number of hydrogen-bond acceptors (Lipinski definition) is 4. The van der Waals surface area contributed by atoms with E-state index in [2.05, 4.69) is 27.6 Å². The molecule has 3 nitrogen and oxygen atoms in total. The van der Waals surface area contributed by atoms with E-state index in [0.29, 0.717) is 0 Å². The maximum atomic E-state index is 4.26. The molecule has 15 heavy (non-hydrogen) atoms. The van der Waals surface area contributed by atoms with Gasteiger partial charge in [0.05, 0.1) is 11.2 Å². The minimum Gasteiger partial charge on any atom is -0.310 e. The van der Waals surface area contributed by atoms with Crippen molar-refractivity contribution in [2.24, 2.45) is 0 Å². The van der Waals surface area contributed by atoms with Gasteiger partial charge in [-0.3, -0.25) is 0 Å². The Morgan fingerprint density at radius 1 is 1.60 bits per heavy atom. The lowest BCUT2D eigenvalue weighted by Crippen LogP contribution is -2.42. The van der Waals surface area contributed by atoms with E-state index in [-0.39, 0.29) is 0 Å². The summed E-state index contributed by atoms with van der Waals surface area (Å²) in [5, 5.41) is 5.60. The lowest BCUT2D eigenvalue weighted by atomic mass is 10.0. The molecule has 0 amide bonds. The molecule has 0 saturated carbocycles. The van der Waals surface area contributed by atoms with Crippen LogP contribution in [0.25, 0.3) is 0 Å². The number of aromatic nitrogens is 1. The predicted octanol–water partition coefficient (Wildman–Crippen LogP) is 1.72. The molecule has 1 aliphatic heterocycles. The summed E-state index contributed by atoms with van der Waals surface area (Å²) in [6.45, 7) is 3.25. The van der Waals surface area contributed by atoms with Crippen LogP contribution in [0, 0.1) is 0 Å². The third kappa shape index (κ3) is 3.26. The average Bonchev–Trinajstić information content (AvgIpc) is 2.74. The smallest absolute Gasteiger partial charge is 0.0795 e. The molecule has 1 saturated heterocycles. The fraction of sp³-hybridized carbons (Fsp3) is 0.727. The van der Waals surface area contributed by atoms with Gasteiger partial charge in [0, 0.05) is 24.5 Å². The van der Waals surface area contributed by atoms with Gasteiger partial charge in [-0.15, -0.1) is 11.3 Å². The zero-order chi connectivity index (χ0) is 10.5. The van der Waals surface area contributed by atoms with Gasteiger partial charge in [0.25, 0.3) is 0 Å². The van der Waals surface area contributed by atoms with Gasteiger partial charge in [0.1, 0.15) is 0 Å². The number of thiazole rings is 1. The predicted molar refractivity (Wildman–Crippen MR) is 64.1 cm³/mol. The molecular weight excluding hydrogens is 206 g/mol. The van der Waals surface area contributed by atoms with Crippen LogP contribution in [0.1, 0.15) is 25.0 Å². The van der Waals surface area contributed by atoms with Crippen LogP contribution in [0.4, 0.5) is 0 Å². The summed E-state index contributed by atoms with van der Waals surface area (Å²) in [6.07, 6.45) is 4.08. The van der Waals surface area contributed by atoms with Crippen LogP contribution in [-0.2, 0) is 6.54 Å². The molecule has 84 valence electrons. The summed E-state index contributed by atoms with van der Waals surface area (Å²) >= 11 is 1.66. The largest absolute Gasteiger partial charge is 0.310 e. The number of rotatable bonds is 4. The van der Waals surface area contributed by atoms with Crippen molar-refractivity contribution in [3.8, 4) is 0 Å². The maximum Gasteiger partial charge on any atom is 0.0795 e. The first-order valence-corrected chi connectivity index (χ1v) is 6.58. The molecule has 1 aliphatic rings. The number of nitrogens with one attached hydrogen (secondary N) is 1. The minimum absolute atomic E-state index is 0.720. The third-order valence-corrected chi connectivity index (χ3v) is 3.73. The van der Waals surface area contributed by atoms with Crippen molar-refractivity contribution in [3.05, 3.63) is 16.6 Å². The minimum atomic E-state index is 0.720. The van der Waals surface area contributed by atoms with Gasteiger partial charge in [-0.2, -0.15) is 0 Å². The molecule has 0 aliphatic carbocycles. The molecule has 1 fully saturated rings. The van der Waals surface area contributed by atoms with E-state index < -0.39 is 0 Å². The molecule has 0 spiro atoms. The highest BCUT2D eigenvalue weighted by molar-refractivity contribution is 7.07. The standard InChI is InChI=1S/C11H19N3S/c1-14-5-3-2-4-11(14)7-12-6-10-8-15-9-13-10/h8-9,11-12H,2-7H2,1H3. The SMILES string of the molecule is CN1CCCCC1CNCc1cscn1. The lowest BCUT2D eigenvalue weighted by Gasteiger charge is -2.32. The van der Waals surface area contributed by atoms with Gasteiger partial charge in [0.15, 0.2) is 0 Å². The van der Waals surface area contributed by atoms with Gasteiger partial charge in [-0.25, -0.2) is 4.98 Å². The van der Waals surface area contributed by atoms with Crippen molar-refractivity contribution in [2.45, 2.75) is 31.8 Å². The quantitative estimate of drug-likeness (QED) is 0.845. The Labute approximate surface area is 95.5 Å². The van der Waals surface area contributed by atoms with Crippen molar-refractivity contribution < 1.29 is 0 Å². The lowest BCUT2D eigenvalue weighted by molar-refractivity contribution is 0.181. The molecule has 0 aromatic carbocycles. The summed E-state index contributed by atoms with van der Waals surface area (Å²) < 4.78 is 0. The summed E-state index contributed by atoms with van der Waals surface area (Å²) in [5.74, 6) is 0. The van der Waals surface area contributed by atoms with Crippen molar-refractivity contribution in [1.82, 2.24) is 15.2 Å². The summed E-state index contributed by atoms with van der Waals surface area (Å²) in [7, 11) is 2.23. The van der Waals surface area contributed by atoms with Gasteiger partial charge in [0.2, 0.25) is 0 Å². The molecule has 0 radical (unpaired) electrons. The molecule has 0 bridgehead atoms. The van der Waals surface area contributed by atoms with Gasteiger partial charge in [-0.1, -0.05) is 6.42 Å². The molecule has 1 aromatic rings. The number of piperidine rings is 1. The zero-order valence-corrected chi connectivity index (χ0v) is 10.1. The van der Waals surface area contributed by atoms with Crippen molar-refractivity contribution in [1.29, 1.82) is 0 Å². The van der Waals surface area contributed by atoms with E-state index in [1.165, 1.54) is 31.5 Å². The average molecular weight is 225 g/mol. The van der Waals surface area contributed by atoms with E-state index in [9.17, 15) is 0 Å². The van der Waals surface area contributed by atoms with Crippen molar-refractivity contribution >= 4 is 11.3 Å². The number of likely N-dealkylation sites (N-methyl/N-ethyl adjacent to an activating group) is 1. The molecule has 4 heteroatoms. The molecule has 1 N–H and O–H groups in total. The second-order valence-electron chi connectivity index (χ2n) is 4.24. The molecule has 2 heterocycles. The highest BCUT2D eigenvalue weighted by Crippen LogP contribution is 2.14. The second-order valence-corrected chi connectivity index (χ2v) is 4.96. The monoisotopic (exact) mass is 225 g/mol. The highest BCUT2D eigenvalue weighted by Gasteiger charge is 2.17. The van der Waals surface area contributed by atoms with Crippen LogP contribution in [0.3, 0.4) is 0 Å². The number of nitrogens with zero attached hydrogens (tertiary/aromatic N) is 2. The Kier molecular flexibility index (Phi) is 4.11. The third-order valence-electron chi connectivity index (χ3n) is 3.09. The van der Waals surface area contributed by atoms with E-state index >= 15 is 0 Å². The Balaban J connectivity index is 1.68. The van der Waals surface area contributed by atoms with Gasteiger partial charge >= 0.3 is 0 Å². The van der Waals surface area contributed by atoms with Gasteiger partial charge < -0.3 is 10.2 Å². The van der Waals surface area contributed by atoms with Crippen LogP contribution >= 0.6 is 11.3 Å². The Morgan fingerprint density at radius 3 is 3.27 bits per heavy atom. The van der Waals surface area contributed by atoms with Crippen LogP contribution in [0.5, 0.6) is 0 Å². The Hall–Kier alpha value is -0.450. The van der Waals surface area contributed by atoms with E-state index in [1.807, 2.05) is 5.51 Å². The molecule has 1 unspecified atom stereocenters. The first-order chi connectivity index (χ1) is 7.36. The molecular formula is C11H19N3S. The van der Waals surface area contributed by atoms with E-state index in [1.54, 1.807) is 11.3 Å². The highest BCUT2D eigenvalue weighted by atomic mass is 32.1. The van der Waals surface area contributed by atoms with E-state index in [4.69, 9.17) is 0 Å². The fourth-order valence-electron chi connectivity index (χ4n) is 2.09. The van der Waals surface area contributed by atoms with Crippen molar-refractivity contribution in [3.63, 3.8) is 0 Å². The fourth-order valence-corrected chi connectivity index (χ4v) is 2.65. The zero-order valence-electron chi connectivity index (χ0n) is 9.28. The van der Waals surface area contributed by atoms with Crippen LogP contribution in [0.15, 0.2) is 10.9 Å². The second kappa shape index (κ2) is 5.58. The molecule has 1 atom stereocenters. The molecule has 1 aromatic heterocycles. The maximum absolute atomic E-state index is 4.26. The number of likely N-dealkylation sites (tertiary alicyclic amines) is 1. The first-order valence-electron chi connectivity index (χ1n) is 5.64. The van der Waals surface area contributed by atoms with Crippen LogP contribution < -0.4 is 5.32 Å². The van der Waals surface area contributed by atoms with Gasteiger partial charge in [-0.05, 0) is 26.4 Å². The van der Waals surface area contributed by atoms with Crippen molar-refractivity contribution in [2.75, 3.05) is 20.1 Å². The molecule has 2 rings (SSSR count). The topological polar surface area (TPSA) is 28.2 Å².